The van der Waals surface area contributed by atoms with Gasteiger partial charge < -0.3 is 15.0 Å². The van der Waals surface area contributed by atoms with E-state index in [4.69, 9.17) is 16.3 Å². The summed E-state index contributed by atoms with van der Waals surface area (Å²) in [6.07, 6.45) is 4.07. The molecule has 0 radical (unpaired) electrons. The maximum absolute atomic E-state index is 13.9. The van der Waals surface area contributed by atoms with Gasteiger partial charge in [-0.2, -0.15) is 0 Å². The molecule has 0 saturated heterocycles. The van der Waals surface area contributed by atoms with Crippen molar-refractivity contribution in [3.63, 3.8) is 0 Å². The number of carbonyl (C=O) groups is 3. The smallest absolute Gasteiger partial charge is 0.342 e. The third-order valence-corrected chi connectivity index (χ3v) is 7.86. The fourth-order valence-electron chi connectivity index (χ4n) is 5.67. The Morgan fingerprint density at radius 1 is 1.08 bits per heavy atom. The molecule has 2 atom stereocenters. The molecule has 0 spiro atoms. The largest absolute Gasteiger partial charge is 0.458 e. The number of hydrogen-bond acceptors (Lipinski definition) is 4. The van der Waals surface area contributed by atoms with Crippen molar-refractivity contribution in [2.45, 2.75) is 106 Å². The zero-order valence-corrected chi connectivity index (χ0v) is 24.5. The van der Waals surface area contributed by atoms with Crippen LogP contribution in [0, 0.1) is 28.6 Å². The van der Waals surface area contributed by atoms with Crippen molar-refractivity contribution >= 4 is 35.6 Å². The van der Waals surface area contributed by atoms with Crippen LogP contribution in [0.5, 0.6) is 0 Å². The molecule has 0 bridgehead atoms. The maximum atomic E-state index is 13.9. The summed E-state index contributed by atoms with van der Waals surface area (Å²) in [5.41, 5.74) is 1.04. The minimum atomic E-state index is -0.484. The number of aldehydes is 1. The molecule has 1 aliphatic rings. The summed E-state index contributed by atoms with van der Waals surface area (Å²) in [4.78, 5) is 41.4. The SMILES string of the molecule is CC1CC(C(C)(C)C)C(OC(=O)c2c(NC(=O)CCCCCl)[nH]c(C=O)c2C(C)C)C(C(C)(C)C)C1. The second-order valence-electron chi connectivity index (χ2n) is 13.1. The minimum Gasteiger partial charge on any atom is -0.458 e. The Morgan fingerprint density at radius 2 is 1.64 bits per heavy atom. The van der Waals surface area contributed by atoms with Crippen LogP contribution in [0.15, 0.2) is 0 Å². The number of unbranched alkanes of at least 4 members (excludes halogenated alkanes) is 1. The van der Waals surface area contributed by atoms with Gasteiger partial charge in [0.2, 0.25) is 5.91 Å². The number of ether oxygens (including phenoxy) is 1. The first kappa shape index (κ1) is 30.4. The number of amides is 1. The van der Waals surface area contributed by atoms with Crippen LogP contribution in [0.1, 0.15) is 127 Å². The number of esters is 1. The molecular formula is C29H47ClN2O4. The Hall–Kier alpha value is -1.82. The summed E-state index contributed by atoms with van der Waals surface area (Å²) in [5.74, 6) is 0.822. The lowest BCUT2D eigenvalue weighted by Gasteiger charge is -2.50. The number of alkyl halides is 1. The van der Waals surface area contributed by atoms with Gasteiger partial charge >= 0.3 is 5.97 Å². The van der Waals surface area contributed by atoms with Crippen molar-refractivity contribution in [3.05, 3.63) is 16.8 Å². The molecule has 1 heterocycles. The molecule has 1 aliphatic carbocycles. The van der Waals surface area contributed by atoms with Gasteiger partial charge in [0.15, 0.2) is 6.29 Å². The highest BCUT2D eigenvalue weighted by Gasteiger charge is 2.48. The number of halogens is 1. The molecular weight excluding hydrogens is 476 g/mol. The lowest BCUT2D eigenvalue weighted by molar-refractivity contribution is -0.116. The van der Waals surface area contributed by atoms with Crippen LogP contribution < -0.4 is 5.32 Å². The Bertz CT molecular complexity index is 899. The van der Waals surface area contributed by atoms with Crippen LogP contribution in [0.4, 0.5) is 5.82 Å². The third-order valence-electron chi connectivity index (χ3n) is 7.59. The summed E-state index contributed by atoms with van der Waals surface area (Å²) in [6, 6.07) is 0. The van der Waals surface area contributed by atoms with Crippen molar-refractivity contribution in [3.8, 4) is 0 Å². The fourth-order valence-corrected chi connectivity index (χ4v) is 5.85. The van der Waals surface area contributed by atoms with E-state index in [1.807, 2.05) is 13.8 Å². The molecule has 36 heavy (non-hydrogen) atoms. The molecule has 1 aromatic rings. The van der Waals surface area contributed by atoms with E-state index >= 15 is 0 Å². The average molecular weight is 523 g/mol. The molecule has 0 aromatic carbocycles. The van der Waals surface area contributed by atoms with Gasteiger partial charge in [-0.3, -0.25) is 9.59 Å². The summed E-state index contributed by atoms with van der Waals surface area (Å²) < 4.78 is 6.43. The zero-order chi connectivity index (χ0) is 27.4. The second kappa shape index (κ2) is 12.1. The predicted molar refractivity (Wildman–Crippen MR) is 147 cm³/mol. The Kier molecular flexibility index (Phi) is 10.3. The van der Waals surface area contributed by atoms with Crippen molar-refractivity contribution in [1.82, 2.24) is 4.98 Å². The molecule has 2 unspecified atom stereocenters. The Labute approximate surface area is 222 Å². The predicted octanol–water partition coefficient (Wildman–Crippen LogP) is 7.58. The normalized spacial score (nSPS) is 23.0. The molecule has 1 saturated carbocycles. The van der Waals surface area contributed by atoms with Gasteiger partial charge in [0.05, 0.1) is 5.69 Å². The van der Waals surface area contributed by atoms with Crippen LogP contribution in [-0.2, 0) is 9.53 Å². The number of aromatic amines is 1. The lowest BCUT2D eigenvalue weighted by Crippen LogP contribution is -2.49. The van der Waals surface area contributed by atoms with Gasteiger partial charge in [-0.25, -0.2) is 4.79 Å². The molecule has 0 aliphatic heterocycles. The third kappa shape index (κ3) is 7.36. The lowest BCUT2D eigenvalue weighted by atomic mass is 9.59. The Balaban J connectivity index is 2.51. The number of rotatable bonds is 9. The van der Waals surface area contributed by atoms with E-state index in [2.05, 4.69) is 58.8 Å². The molecule has 2 N–H and O–H groups in total. The zero-order valence-electron chi connectivity index (χ0n) is 23.7. The van der Waals surface area contributed by atoms with Crippen LogP contribution in [0.25, 0.3) is 0 Å². The van der Waals surface area contributed by atoms with Gasteiger partial charge in [-0.1, -0.05) is 62.3 Å². The van der Waals surface area contributed by atoms with E-state index in [0.717, 1.165) is 19.3 Å². The standard InChI is InChI=1S/C29H47ClN2O4/c1-17(2)23-21(16-33)31-26(32-22(34)12-10-11-13-30)24(23)27(35)36-25-19(28(4,5)6)14-18(3)15-20(25)29(7,8)9/h16-20,25,31H,10-15H2,1-9H3,(H,32,34). The molecule has 7 heteroatoms. The topological polar surface area (TPSA) is 88.3 Å². The highest BCUT2D eigenvalue weighted by Crippen LogP contribution is 2.50. The van der Waals surface area contributed by atoms with Crippen molar-refractivity contribution in [2.75, 3.05) is 11.2 Å². The van der Waals surface area contributed by atoms with Gasteiger partial charge in [0, 0.05) is 24.1 Å². The van der Waals surface area contributed by atoms with Crippen LogP contribution >= 0.6 is 11.6 Å². The van der Waals surface area contributed by atoms with Crippen molar-refractivity contribution in [1.29, 1.82) is 0 Å². The Morgan fingerprint density at radius 3 is 2.08 bits per heavy atom. The monoisotopic (exact) mass is 522 g/mol. The molecule has 1 fully saturated rings. The van der Waals surface area contributed by atoms with Crippen molar-refractivity contribution < 1.29 is 19.1 Å². The van der Waals surface area contributed by atoms with E-state index in [-0.39, 0.29) is 58.4 Å². The fraction of sp³-hybridized carbons (Fsp3) is 0.759. The molecule has 1 amide bonds. The average Bonchev–Trinajstić information content (AvgIpc) is 3.11. The van der Waals surface area contributed by atoms with Crippen LogP contribution in [0.2, 0.25) is 0 Å². The molecule has 1 aromatic heterocycles. The minimum absolute atomic E-state index is 0.0461. The second-order valence-corrected chi connectivity index (χ2v) is 13.4. The van der Waals surface area contributed by atoms with Gasteiger partial charge in [-0.05, 0) is 53.9 Å². The number of nitrogens with one attached hydrogen (secondary N) is 2. The van der Waals surface area contributed by atoms with E-state index < -0.39 is 5.97 Å². The first-order chi connectivity index (χ1) is 16.6. The van der Waals surface area contributed by atoms with E-state index in [9.17, 15) is 14.4 Å². The maximum Gasteiger partial charge on any atom is 0.342 e. The van der Waals surface area contributed by atoms with E-state index in [1.165, 1.54) is 0 Å². The van der Waals surface area contributed by atoms with E-state index in [0.29, 0.717) is 35.8 Å². The summed E-state index contributed by atoms with van der Waals surface area (Å²) >= 11 is 5.74. The summed E-state index contributed by atoms with van der Waals surface area (Å²) in [6.45, 7) is 19.4. The highest BCUT2D eigenvalue weighted by atomic mass is 35.5. The number of H-pyrrole nitrogens is 1. The molecule has 204 valence electrons. The van der Waals surface area contributed by atoms with Gasteiger partial charge in [0.1, 0.15) is 17.5 Å². The number of hydrogen-bond donors (Lipinski definition) is 2. The highest BCUT2D eigenvalue weighted by molar-refractivity contribution is 6.17. The summed E-state index contributed by atoms with van der Waals surface area (Å²) in [7, 11) is 0. The van der Waals surface area contributed by atoms with Crippen LogP contribution in [0.3, 0.4) is 0 Å². The first-order valence-electron chi connectivity index (χ1n) is 13.4. The molecule has 6 nitrogen and oxygen atoms in total. The molecule has 2 rings (SSSR count). The number of carbonyl (C=O) groups excluding carboxylic acids is 3. The summed E-state index contributed by atoms with van der Waals surface area (Å²) in [5, 5.41) is 2.83. The van der Waals surface area contributed by atoms with Gasteiger partial charge in [0.25, 0.3) is 0 Å². The van der Waals surface area contributed by atoms with Gasteiger partial charge in [-0.15, -0.1) is 11.6 Å². The first-order valence-corrected chi connectivity index (χ1v) is 13.9. The van der Waals surface area contributed by atoms with Crippen molar-refractivity contribution in [2.24, 2.45) is 28.6 Å². The van der Waals surface area contributed by atoms with E-state index in [1.54, 1.807) is 0 Å². The quantitative estimate of drug-likeness (QED) is 0.151. The van der Waals surface area contributed by atoms with Crippen LogP contribution in [-0.4, -0.2) is 35.1 Å². The number of aromatic nitrogens is 1. The number of anilines is 1.